The summed E-state index contributed by atoms with van der Waals surface area (Å²) in [7, 11) is 0. The van der Waals surface area contributed by atoms with E-state index in [1.807, 2.05) is 6.92 Å². The Morgan fingerprint density at radius 2 is 1.95 bits per heavy atom. The number of aliphatic imine (C=N–C) groups is 1. The van der Waals surface area contributed by atoms with E-state index in [9.17, 15) is 9.59 Å². The van der Waals surface area contributed by atoms with Gasteiger partial charge in [-0.3, -0.25) is 14.6 Å². The van der Waals surface area contributed by atoms with Crippen LogP contribution in [0.2, 0.25) is 0 Å². The van der Waals surface area contributed by atoms with Crippen LogP contribution < -0.4 is 0 Å². The van der Waals surface area contributed by atoms with Gasteiger partial charge in [0.25, 0.3) is 0 Å². The summed E-state index contributed by atoms with van der Waals surface area (Å²) in [5, 5.41) is -0.982. The van der Waals surface area contributed by atoms with Crippen LogP contribution in [0.5, 0.6) is 0 Å². The molecule has 2 rings (SSSR count). The van der Waals surface area contributed by atoms with Crippen molar-refractivity contribution in [2.45, 2.75) is 18.7 Å². The fourth-order valence-corrected chi connectivity index (χ4v) is 2.36. The number of rotatable bonds is 5. The van der Waals surface area contributed by atoms with Crippen LogP contribution in [0.15, 0.2) is 29.3 Å². The number of halogens is 1. The van der Waals surface area contributed by atoms with E-state index in [2.05, 4.69) is 4.99 Å². The Morgan fingerprint density at radius 3 is 2.65 bits per heavy atom. The highest BCUT2D eigenvalue weighted by molar-refractivity contribution is 6.64. The van der Waals surface area contributed by atoms with Gasteiger partial charge in [0.15, 0.2) is 5.78 Å². The van der Waals surface area contributed by atoms with E-state index in [1.54, 1.807) is 24.3 Å². The monoisotopic (exact) mass is 293 g/mol. The second-order valence-corrected chi connectivity index (χ2v) is 4.86. The summed E-state index contributed by atoms with van der Waals surface area (Å²) >= 11 is 6.06. The number of fused-ring (bicyclic) bond motifs is 1. The van der Waals surface area contributed by atoms with Gasteiger partial charge in [-0.15, -0.1) is 11.6 Å². The standard InChI is InChI=1S/C15H16ClNO3/c1-2-20-9-5-8-17-13-12(16)14(18)10-6-3-4-7-11(10)15(13)19/h3-4,6-7,12H,2,5,8-9H2,1H3. The Labute approximate surface area is 122 Å². The minimum absolute atomic E-state index is 0.145. The maximum Gasteiger partial charge on any atom is 0.209 e. The lowest BCUT2D eigenvalue weighted by molar-refractivity contribution is 0.0967. The van der Waals surface area contributed by atoms with Crippen molar-refractivity contribution >= 4 is 28.9 Å². The van der Waals surface area contributed by atoms with Crippen LogP contribution in [0, 0.1) is 0 Å². The van der Waals surface area contributed by atoms with Gasteiger partial charge in [0.05, 0.1) is 0 Å². The lowest BCUT2D eigenvalue weighted by Gasteiger charge is -2.19. The fraction of sp³-hybridized carbons (Fsp3) is 0.400. The molecule has 0 heterocycles. The van der Waals surface area contributed by atoms with Crippen molar-refractivity contribution in [2.75, 3.05) is 19.8 Å². The largest absolute Gasteiger partial charge is 0.382 e. The zero-order valence-corrected chi connectivity index (χ0v) is 12.0. The number of ketones is 2. The molecule has 0 fully saturated rings. The second kappa shape index (κ2) is 6.77. The minimum Gasteiger partial charge on any atom is -0.382 e. The Bertz CT molecular complexity index is 554. The molecule has 1 aromatic rings. The van der Waals surface area contributed by atoms with Crippen LogP contribution in [0.4, 0.5) is 0 Å². The van der Waals surface area contributed by atoms with Crippen LogP contribution in [0.3, 0.4) is 0 Å². The summed E-state index contributed by atoms with van der Waals surface area (Å²) in [6, 6.07) is 6.70. The lowest BCUT2D eigenvalue weighted by Crippen LogP contribution is -2.38. The summed E-state index contributed by atoms with van der Waals surface area (Å²) in [4.78, 5) is 28.6. The Kier molecular flexibility index (Phi) is 5.04. The van der Waals surface area contributed by atoms with Crippen LogP contribution in [-0.2, 0) is 4.74 Å². The molecule has 0 spiro atoms. The molecule has 0 saturated heterocycles. The third kappa shape index (κ3) is 2.97. The quantitative estimate of drug-likeness (QED) is 0.619. The van der Waals surface area contributed by atoms with E-state index in [4.69, 9.17) is 16.3 Å². The van der Waals surface area contributed by atoms with Gasteiger partial charge in [0, 0.05) is 30.9 Å². The van der Waals surface area contributed by atoms with E-state index in [0.29, 0.717) is 37.3 Å². The van der Waals surface area contributed by atoms with Gasteiger partial charge in [-0.2, -0.15) is 0 Å². The predicted molar refractivity (Wildman–Crippen MR) is 78.2 cm³/mol. The van der Waals surface area contributed by atoms with E-state index >= 15 is 0 Å². The number of ether oxygens (including phenoxy) is 1. The van der Waals surface area contributed by atoms with Gasteiger partial charge in [0.1, 0.15) is 11.1 Å². The topological polar surface area (TPSA) is 55.7 Å². The van der Waals surface area contributed by atoms with Gasteiger partial charge in [-0.1, -0.05) is 24.3 Å². The molecular formula is C15H16ClNO3. The van der Waals surface area contributed by atoms with Crippen LogP contribution in [-0.4, -0.2) is 42.4 Å². The summed E-state index contributed by atoms with van der Waals surface area (Å²) in [5.74, 6) is -0.512. The van der Waals surface area contributed by atoms with Gasteiger partial charge < -0.3 is 4.74 Å². The van der Waals surface area contributed by atoms with E-state index in [0.717, 1.165) is 0 Å². The van der Waals surface area contributed by atoms with E-state index < -0.39 is 5.38 Å². The van der Waals surface area contributed by atoms with Crippen molar-refractivity contribution in [1.29, 1.82) is 0 Å². The van der Waals surface area contributed by atoms with Crippen molar-refractivity contribution in [3.8, 4) is 0 Å². The molecule has 5 heteroatoms. The summed E-state index contributed by atoms with van der Waals surface area (Å²) in [6.45, 7) is 3.58. The van der Waals surface area contributed by atoms with Crippen LogP contribution in [0.25, 0.3) is 0 Å². The van der Waals surface area contributed by atoms with Crippen molar-refractivity contribution < 1.29 is 14.3 Å². The smallest absolute Gasteiger partial charge is 0.209 e. The molecule has 0 aliphatic heterocycles. The maximum atomic E-state index is 12.3. The third-order valence-electron chi connectivity index (χ3n) is 3.07. The van der Waals surface area contributed by atoms with Crippen molar-refractivity contribution in [3.05, 3.63) is 35.4 Å². The number of carbonyl (C=O) groups is 2. The Balaban J connectivity index is 2.17. The molecule has 1 aliphatic rings. The second-order valence-electron chi connectivity index (χ2n) is 4.42. The molecule has 1 aromatic carbocycles. The molecule has 20 heavy (non-hydrogen) atoms. The number of nitrogens with zero attached hydrogens (tertiary/aromatic N) is 1. The molecule has 0 aromatic heterocycles. The number of Topliss-reactive ketones (excluding diaryl/α,β-unsaturated/α-hetero) is 2. The first-order chi connectivity index (χ1) is 9.66. The van der Waals surface area contributed by atoms with E-state index in [1.165, 1.54) is 0 Å². The number of hydrogen-bond donors (Lipinski definition) is 0. The van der Waals surface area contributed by atoms with Crippen molar-refractivity contribution in [3.63, 3.8) is 0 Å². The molecule has 1 unspecified atom stereocenters. The molecule has 1 atom stereocenters. The average Bonchev–Trinajstić information content (AvgIpc) is 2.48. The molecule has 106 valence electrons. The number of benzene rings is 1. The molecule has 4 nitrogen and oxygen atoms in total. The number of carbonyl (C=O) groups excluding carboxylic acids is 2. The molecule has 0 bridgehead atoms. The van der Waals surface area contributed by atoms with Gasteiger partial charge >= 0.3 is 0 Å². The highest BCUT2D eigenvalue weighted by atomic mass is 35.5. The van der Waals surface area contributed by atoms with E-state index in [-0.39, 0.29) is 17.3 Å². The summed E-state index contributed by atoms with van der Waals surface area (Å²) in [5.41, 5.74) is 0.913. The highest BCUT2D eigenvalue weighted by Crippen LogP contribution is 2.23. The van der Waals surface area contributed by atoms with Crippen molar-refractivity contribution in [2.24, 2.45) is 4.99 Å². The third-order valence-corrected chi connectivity index (χ3v) is 3.48. The zero-order valence-electron chi connectivity index (χ0n) is 11.3. The Morgan fingerprint density at radius 1 is 1.25 bits per heavy atom. The zero-order chi connectivity index (χ0) is 14.5. The molecule has 0 radical (unpaired) electrons. The van der Waals surface area contributed by atoms with Gasteiger partial charge in [0.2, 0.25) is 5.78 Å². The summed E-state index contributed by atoms with van der Waals surface area (Å²) < 4.78 is 5.20. The first-order valence-corrected chi connectivity index (χ1v) is 7.04. The minimum atomic E-state index is -0.982. The normalized spacial score (nSPS) is 20.3. The number of hydrogen-bond acceptors (Lipinski definition) is 4. The molecule has 1 aliphatic carbocycles. The molecule has 0 amide bonds. The lowest BCUT2D eigenvalue weighted by atomic mass is 9.88. The number of alkyl halides is 1. The predicted octanol–water partition coefficient (Wildman–Crippen LogP) is 2.54. The van der Waals surface area contributed by atoms with Gasteiger partial charge in [-0.05, 0) is 13.3 Å². The van der Waals surface area contributed by atoms with Crippen LogP contribution >= 0.6 is 11.6 Å². The highest BCUT2D eigenvalue weighted by Gasteiger charge is 2.36. The SMILES string of the molecule is CCOCCCN=C1C(=O)c2ccccc2C(=O)C1Cl. The first kappa shape index (κ1) is 14.9. The molecule has 0 saturated carbocycles. The van der Waals surface area contributed by atoms with Crippen molar-refractivity contribution in [1.82, 2.24) is 0 Å². The first-order valence-electron chi connectivity index (χ1n) is 6.61. The fourth-order valence-electron chi connectivity index (χ4n) is 2.07. The molecular weight excluding hydrogens is 278 g/mol. The maximum absolute atomic E-state index is 12.3. The van der Waals surface area contributed by atoms with Gasteiger partial charge in [-0.25, -0.2) is 0 Å². The molecule has 0 N–H and O–H groups in total. The van der Waals surface area contributed by atoms with Crippen LogP contribution in [0.1, 0.15) is 34.1 Å². The summed E-state index contributed by atoms with van der Waals surface area (Å²) in [6.07, 6.45) is 0.698. The average molecular weight is 294 g/mol. The Hall–Kier alpha value is -1.52.